The molecule has 2 aliphatic rings. The number of halogens is 1. The first kappa shape index (κ1) is 16.1. The van der Waals surface area contributed by atoms with Crippen LogP contribution in [-0.2, 0) is 4.79 Å². The van der Waals surface area contributed by atoms with Crippen molar-refractivity contribution in [2.24, 2.45) is 0 Å². The van der Waals surface area contributed by atoms with Gasteiger partial charge in [-0.25, -0.2) is 0 Å². The third-order valence-electron chi connectivity index (χ3n) is 4.77. The number of carbonyl (C=O) groups excluding carboxylic acids is 2. The maximum absolute atomic E-state index is 12.7. The average Bonchev–Trinajstić information content (AvgIpc) is 3.26. The molecule has 2 amide bonds. The van der Waals surface area contributed by atoms with Gasteiger partial charge in [0.15, 0.2) is 0 Å². The number of H-pyrrole nitrogens is 1. The molecule has 1 saturated carbocycles. The van der Waals surface area contributed by atoms with Crippen LogP contribution in [0.3, 0.4) is 0 Å². The topological polar surface area (TPSA) is 78.1 Å². The van der Waals surface area contributed by atoms with E-state index in [-0.39, 0.29) is 24.3 Å². The Morgan fingerprint density at radius 1 is 1.36 bits per heavy atom. The SMILES string of the molecule is Cc1[nH]nc(C2CC2)c1C(=O)N[C@@H]1CC(=O)N(c2ccccc2Cl)C1. The van der Waals surface area contributed by atoms with Gasteiger partial charge in [0.05, 0.1) is 28.0 Å². The van der Waals surface area contributed by atoms with E-state index in [0.29, 0.717) is 28.7 Å². The average molecular weight is 359 g/mol. The first-order valence-electron chi connectivity index (χ1n) is 8.45. The van der Waals surface area contributed by atoms with Gasteiger partial charge in [0.1, 0.15) is 0 Å². The third kappa shape index (κ3) is 3.02. The summed E-state index contributed by atoms with van der Waals surface area (Å²) in [4.78, 5) is 26.7. The molecule has 25 heavy (non-hydrogen) atoms. The van der Waals surface area contributed by atoms with Gasteiger partial charge in [-0.3, -0.25) is 14.7 Å². The second-order valence-corrected chi connectivity index (χ2v) is 7.12. The highest BCUT2D eigenvalue weighted by atomic mass is 35.5. The van der Waals surface area contributed by atoms with Crippen LogP contribution in [0.1, 0.15) is 46.9 Å². The maximum Gasteiger partial charge on any atom is 0.255 e. The number of hydrogen-bond donors (Lipinski definition) is 2. The highest BCUT2D eigenvalue weighted by Crippen LogP contribution is 2.41. The first-order chi connectivity index (χ1) is 12.0. The van der Waals surface area contributed by atoms with Crippen molar-refractivity contribution in [2.45, 2.75) is 38.1 Å². The first-order valence-corrected chi connectivity index (χ1v) is 8.83. The zero-order chi connectivity index (χ0) is 17.6. The number of aryl methyl sites for hydroxylation is 1. The van der Waals surface area contributed by atoms with E-state index >= 15 is 0 Å². The van der Waals surface area contributed by atoms with E-state index in [0.717, 1.165) is 24.2 Å². The molecule has 130 valence electrons. The monoisotopic (exact) mass is 358 g/mol. The number of carbonyl (C=O) groups is 2. The number of aromatic amines is 1. The van der Waals surface area contributed by atoms with Gasteiger partial charge in [0.25, 0.3) is 5.91 Å². The normalized spacial score (nSPS) is 20.2. The Labute approximate surface area is 150 Å². The predicted molar refractivity (Wildman–Crippen MR) is 95.0 cm³/mol. The summed E-state index contributed by atoms with van der Waals surface area (Å²) in [6, 6.07) is 7.00. The predicted octanol–water partition coefficient (Wildman–Crippen LogP) is 2.78. The van der Waals surface area contributed by atoms with Crippen molar-refractivity contribution in [3.8, 4) is 0 Å². The minimum absolute atomic E-state index is 0.0373. The van der Waals surface area contributed by atoms with E-state index in [2.05, 4.69) is 15.5 Å². The summed E-state index contributed by atoms with van der Waals surface area (Å²) in [5.74, 6) is 0.187. The second kappa shape index (κ2) is 6.19. The summed E-state index contributed by atoms with van der Waals surface area (Å²) in [5, 5.41) is 10.7. The molecule has 2 heterocycles. The van der Waals surface area contributed by atoms with Crippen LogP contribution < -0.4 is 10.2 Å². The van der Waals surface area contributed by atoms with Gasteiger partial charge in [-0.05, 0) is 31.9 Å². The van der Waals surface area contributed by atoms with Crippen LogP contribution in [0.25, 0.3) is 0 Å². The quantitative estimate of drug-likeness (QED) is 0.882. The molecule has 0 bridgehead atoms. The number of aromatic nitrogens is 2. The van der Waals surface area contributed by atoms with E-state index in [9.17, 15) is 9.59 Å². The Morgan fingerprint density at radius 2 is 2.12 bits per heavy atom. The van der Waals surface area contributed by atoms with Gasteiger partial charge < -0.3 is 10.2 Å². The smallest absolute Gasteiger partial charge is 0.255 e. The summed E-state index contributed by atoms with van der Waals surface area (Å²) in [7, 11) is 0. The molecule has 2 aromatic rings. The summed E-state index contributed by atoms with van der Waals surface area (Å²) >= 11 is 6.19. The Bertz CT molecular complexity index is 843. The molecule has 2 fully saturated rings. The molecular weight excluding hydrogens is 340 g/mol. The molecule has 1 aliphatic carbocycles. The summed E-state index contributed by atoms with van der Waals surface area (Å²) < 4.78 is 0. The van der Waals surface area contributed by atoms with Crippen molar-refractivity contribution < 1.29 is 9.59 Å². The highest BCUT2D eigenvalue weighted by Gasteiger charge is 2.35. The van der Waals surface area contributed by atoms with Crippen molar-refractivity contribution >= 4 is 29.1 Å². The van der Waals surface area contributed by atoms with Crippen LogP contribution in [0.4, 0.5) is 5.69 Å². The number of benzene rings is 1. The van der Waals surface area contributed by atoms with E-state index in [1.165, 1.54) is 0 Å². The van der Waals surface area contributed by atoms with Gasteiger partial charge in [-0.1, -0.05) is 23.7 Å². The van der Waals surface area contributed by atoms with Gasteiger partial charge in [0, 0.05) is 24.6 Å². The van der Waals surface area contributed by atoms with Gasteiger partial charge >= 0.3 is 0 Å². The van der Waals surface area contributed by atoms with Crippen molar-refractivity contribution in [3.05, 3.63) is 46.2 Å². The number of amides is 2. The molecule has 0 spiro atoms. The zero-order valence-electron chi connectivity index (χ0n) is 13.9. The van der Waals surface area contributed by atoms with Crippen molar-refractivity contribution in [1.29, 1.82) is 0 Å². The van der Waals surface area contributed by atoms with E-state index in [4.69, 9.17) is 11.6 Å². The molecule has 1 atom stereocenters. The van der Waals surface area contributed by atoms with Crippen molar-refractivity contribution in [2.75, 3.05) is 11.4 Å². The second-order valence-electron chi connectivity index (χ2n) is 6.71. The molecule has 6 nitrogen and oxygen atoms in total. The largest absolute Gasteiger partial charge is 0.347 e. The number of rotatable bonds is 4. The van der Waals surface area contributed by atoms with Gasteiger partial charge in [-0.15, -0.1) is 0 Å². The lowest BCUT2D eigenvalue weighted by molar-refractivity contribution is -0.117. The Balaban J connectivity index is 1.49. The summed E-state index contributed by atoms with van der Waals surface area (Å²) in [5.41, 5.74) is 2.93. The molecule has 0 unspecified atom stereocenters. The van der Waals surface area contributed by atoms with Crippen molar-refractivity contribution in [3.63, 3.8) is 0 Å². The molecule has 1 saturated heterocycles. The minimum Gasteiger partial charge on any atom is -0.347 e. The Morgan fingerprint density at radius 3 is 2.84 bits per heavy atom. The number of nitrogens with zero attached hydrogens (tertiary/aromatic N) is 2. The summed E-state index contributed by atoms with van der Waals surface area (Å²) in [6.45, 7) is 2.27. The highest BCUT2D eigenvalue weighted by molar-refractivity contribution is 6.33. The van der Waals surface area contributed by atoms with Crippen LogP contribution >= 0.6 is 11.6 Å². The van der Waals surface area contributed by atoms with E-state index in [1.54, 1.807) is 11.0 Å². The van der Waals surface area contributed by atoms with Gasteiger partial charge in [0.2, 0.25) is 5.91 Å². The lowest BCUT2D eigenvalue weighted by Gasteiger charge is -2.18. The number of para-hydroxylation sites is 1. The molecule has 1 aromatic carbocycles. The van der Waals surface area contributed by atoms with E-state index < -0.39 is 0 Å². The fourth-order valence-corrected chi connectivity index (χ4v) is 3.59. The summed E-state index contributed by atoms with van der Waals surface area (Å²) in [6.07, 6.45) is 2.42. The standard InChI is InChI=1S/C18H19ClN4O2/c1-10-16(17(22-21-10)11-6-7-11)18(25)20-12-8-15(24)23(9-12)14-5-3-2-4-13(14)19/h2-5,11-12H,6-9H2,1H3,(H,20,25)(H,21,22)/t12-/m1/s1. The van der Waals surface area contributed by atoms with Crippen molar-refractivity contribution in [1.82, 2.24) is 15.5 Å². The molecule has 1 aromatic heterocycles. The van der Waals surface area contributed by atoms with Crippen LogP contribution in [0.5, 0.6) is 0 Å². The van der Waals surface area contributed by atoms with E-state index in [1.807, 2.05) is 25.1 Å². The molecule has 7 heteroatoms. The van der Waals surface area contributed by atoms with Gasteiger partial charge in [-0.2, -0.15) is 5.10 Å². The molecule has 0 radical (unpaired) electrons. The fourth-order valence-electron chi connectivity index (χ4n) is 3.35. The lowest BCUT2D eigenvalue weighted by atomic mass is 10.1. The van der Waals surface area contributed by atoms with Crippen LogP contribution in [0.2, 0.25) is 5.02 Å². The van der Waals surface area contributed by atoms with Crippen LogP contribution in [0, 0.1) is 6.92 Å². The Hall–Kier alpha value is -2.34. The van der Waals surface area contributed by atoms with Crippen LogP contribution in [-0.4, -0.2) is 34.6 Å². The zero-order valence-corrected chi connectivity index (χ0v) is 14.6. The molecular formula is C18H19ClN4O2. The van der Waals surface area contributed by atoms with Crippen LogP contribution in [0.15, 0.2) is 24.3 Å². The molecule has 2 N–H and O–H groups in total. The molecule has 4 rings (SSSR count). The number of hydrogen-bond acceptors (Lipinski definition) is 3. The minimum atomic E-state index is -0.238. The Kier molecular flexibility index (Phi) is 4.00. The molecule has 1 aliphatic heterocycles. The maximum atomic E-state index is 12.7. The third-order valence-corrected chi connectivity index (χ3v) is 5.09. The fraction of sp³-hybridized carbons (Fsp3) is 0.389. The number of nitrogens with one attached hydrogen (secondary N) is 2. The lowest BCUT2D eigenvalue weighted by Crippen LogP contribution is -2.37. The number of anilines is 1.